The van der Waals surface area contributed by atoms with Gasteiger partial charge >= 0.3 is 6.18 Å². The quantitative estimate of drug-likeness (QED) is 0.345. The Hall–Kier alpha value is -1.02. The predicted octanol–water partition coefficient (Wildman–Crippen LogP) is 1.27. The SMILES string of the molecule is COCC1CCN(CC(C(N)=NO)C(F)(F)F)CC1. The van der Waals surface area contributed by atoms with Crippen molar-refractivity contribution in [3.63, 3.8) is 0 Å². The van der Waals surface area contributed by atoms with Gasteiger partial charge in [0.1, 0.15) is 5.92 Å². The van der Waals surface area contributed by atoms with Crippen molar-refractivity contribution in [2.45, 2.75) is 19.0 Å². The van der Waals surface area contributed by atoms with E-state index in [4.69, 9.17) is 15.7 Å². The van der Waals surface area contributed by atoms with Gasteiger partial charge in [-0.1, -0.05) is 5.16 Å². The van der Waals surface area contributed by atoms with Crippen LogP contribution in [-0.4, -0.2) is 55.5 Å². The maximum Gasteiger partial charge on any atom is 0.400 e. The smallest absolute Gasteiger partial charge is 0.400 e. The zero-order valence-electron chi connectivity index (χ0n) is 10.9. The van der Waals surface area contributed by atoms with Crippen LogP contribution in [-0.2, 0) is 4.74 Å². The molecule has 1 saturated heterocycles. The number of halogens is 3. The predicted molar refractivity (Wildman–Crippen MR) is 64.0 cm³/mol. The number of rotatable bonds is 5. The van der Waals surface area contributed by atoms with E-state index in [1.54, 1.807) is 12.0 Å². The molecule has 1 aliphatic rings. The van der Waals surface area contributed by atoms with Crippen molar-refractivity contribution in [1.82, 2.24) is 4.90 Å². The Morgan fingerprint density at radius 2 is 2.05 bits per heavy atom. The Balaban J connectivity index is 2.53. The van der Waals surface area contributed by atoms with Gasteiger partial charge < -0.3 is 20.6 Å². The lowest BCUT2D eigenvalue weighted by Gasteiger charge is -2.34. The third-order valence-electron chi connectivity index (χ3n) is 3.42. The number of methoxy groups -OCH3 is 1. The minimum absolute atomic E-state index is 0.265. The van der Waals surface area contributed by atoms with Crippen LogP contribution in [0, 0.1) is 11.8 Å². The number of amidine groups is 1. The van der Waals surface area contributed by atoms with Crippen LogP contribution < -0.4 is 5.73 Å². The largest absolute Gasteiger partial charge is 0.409 e. The Morgan fingerprint density at radius 3 is 2.47 bits per heavy atom. The third-order valence-corrected chi connectivity index (χ3v) is 3.42. The highest BCUT2D eigenvalue weighted by Crippen LogP contribution is 2.28. The number of nitrogens with zero attached hydrogens (tertiary/aromatic N) is 2. The number of hydrogen-bond acceptors (Lipinski definition) is 4. The Bertz CT molecular complexity index is 302. The summed E-state index contributed by atoms with van der Waals surface area (Å²) in [5.41, 5.74) is 5.13. The number of ether oxygens (including phenoxy) is 1. The summed E-state index contributed by atoms with van der Waals surface area (Å²) in [4.78, 5) is 1.70. The van der Waals surface area contributed by atoms with Crippen molar-refractivity contribution >= 4 is 5.84 Å². The number of oxime groups is 1. The standard InChI is InChI=1S/C11H20F3N3O2/c1-19-7-8-2-4-17(5-3-8)6-9(10(15)16-18)11(12,13)14/h8-9,18H,2-7H2,1H3,(H2,15,16). The molecule has 0 aromatic rings. The second kappa shape index (κ2) is 6.95. The number of alkyl halides is 3. The number of piperidine rings is 1. The van der Waals surface area contributed by atoms with E-state index in [9.17, 15) is 13.2 Å². The van der Waals surface area contributed by atoms with Gasteiger partial charge in [0, 0.05) is 20.3 Å². The topological polar surface area (TPSA) is 71.1 Å². The van der Waals surface area contributed by atoms with E-state index in [1.807, 2.05) is 0 Å². The summed E-state index contributed by atoms with van der Waals surface area (Å²) in [6.07, 6.45) is -2.90. The Labute approximate surface area is 110 Å². The molecule has 1 atom stereocenters. The first-order valence-corrected chi connectivity index (χ1v) is 6.14. The highest BCUT2D eigenvalue weighted by Gasteiger charge is 2.44. The molecule has 0 bridgehead atoms. The second-order valence-electron chi connectivity index (χ2n) is 4.82. The minimum atomic E-state index is -4.50. The molecule has 0 saturated carbocycles. The first-order chi connectivity index (χ1) is 8.88. The van der Waals surface area contributed by atoms with Crippen molar-refractivity contribution in [1.29, 1.82) is 0 Å². The molecule has 112 valence electrons. The zero-order valence-corrected chi connectivity index (χ0v) is 10.9. The van der Waals surface area contributed by atoms with Crippen LogP contribution in [0.5, 0.6) is 0 Å². The molecule has 0 spiro atoms. The lowest BCUT2D eigenvalue weighted by molar-refractivity contribution is -0.161. The van der Waals surface area contributed by atoms with Gasteiger partial charge in [-0.3, -0.25) is 0 Å². The van der Waals surface area contributed by atoms with Gasteiger partial charge in [0.15, 0.2) is 5.84 Å². The van der Waals surface area contributed by atoms with E-state index in [-0.39, 0.29) is 6.54 Å². The summed E-state index contributed by atoms with van der Waals surface area (Å²) in [7, 11) is 1.62. The third kappa shape index (κ3) is 4.87. The molecule has 0 amide bonds. The second-order valence-corrected chi connectivity index (χ2v) is 4.82. The fourth-order valence-electron chi connectivity index (χ4n) is 2.26. The summed E-state index contributed by atoms with van der Waals surface area (Å²) in [6, 6.07) is 0. The van der Waals surface area contributed by atoms with Gasteiger partial charge in [-0.15, -0.1) is 0 Å². The normalized spacial score (nSPS) is 21.6. The van der Waals surface area contributed by atoms with Crippen LogP contribution in [0.1, 0.15) is 12.8 Å². The van der Waals surface area contributed by atoms with Gasteiger partial charge in [0.25, 0.3) is 0 Å². The maximum absolute atomic E-state index is 12.8. The van der Waals surface area contributed by atoms with Gasteiger partial charge in [-0.25, -0.2) is 0 Å². The molecule has 5 nitrogen and oxygen atoms in total. The summed E-state index contributed by atoms with van der Waals surface area (Å²) in [6.45, 7) is 1.51. The van der Waals surface area contributed by atoms with Crippen LogP contribution in [0.25, 0.3) is 0 Å². The molecular formula is C11H20F3N3O2. The van der Waals surface area contributed by atoms with Crippen LogP contribution in [0.4, 0.5) is 13.2 Å². The number of nitrogens with two attached hydrogens (primary N) is 1. The Morgan fingerprint density at radius 1 is 1.47 bits per heavy atom. The lowest BCUT2D eigenvalue weighted by Crippen LogP contribution is -2.46. The average molecular weight is 283 g/mol. The minimum Gasteiger partial charge on any atom is -0.409 e. The average Bonchev–Trinajstić information content (AvgIpc) is 2.36. The molecule has 1 unspecified atom stereocenters. The summed E-state index contributed by atoms with van der Waals surface area (Å²) in [5.74, 6) is -2.31. The lowest BCUT2D eigenvalue weighted by atomic mass is 9.96. The summed E-state index contributed by atoms with van der Waals surface area (Å²) < 4.78 is 43.4. The van der Waals surface area contributed by atoms with E-state index in [0.717, 1.165) is 12.8 Å². The molecule has 0 aliphatic carbocycles. The van der Waals surface area contributed by atoms with Crippen molar-refractivity contribution in [2.24, 2.45) is 22.7 Å². The molecule has 19 heavy (non-hydrogen) atoms. The number of likely N-dealkylation sites (tertiary alicyclic amines) is 1. The van der Waals surface area contributed by atoms with E-state index in [1.165, 1.54) is 0 Å². The maximum atomic E-state index is 12.8. The summed E-state index contributed by atoms with van der Waals surface area (Å²) >= 11 is 0. The van der Waals surface area contributed by atoms with Crippen molar-refractivity contribution in [3.8, 4) is 0 Å². The fourth-order valence-corrected chi connectivity index (χ4v) is 2.26. The molecule has 3 N–H and O–H groups in total. The van der Waals surface area contributed by atoms with E-state index < -0.39 is 17.9 Å². The molecule has 1 heterocycles. The van der Waals surface area contributed by atoms with E-state index >= 15 is 0 Å². The first kappa shape index (κ1) is 16.0. The van der Waals surface area contributed by atoms with Crippen LogP contribution in [0.15, 0.2) is 5.16 Å². The van der Waals surface area contributed by atoms with Crippen LogP contribution in [0.2, 0.25) is 0 Å². The molecule has 0 radical (unpaired) electrons. The van der Waals surface area contributed by atoms with Gasteiger partial charge in [-0.2, -0.15) is 13.2 Å². The van der Waals surface area contributed by atoms with Gasteiger partial charge in [0.2, 0.25) is 0 Å². The van der Waals surface area contributed by atoms with Crippen molar-refractivity contribution in [2.75, 3.05) is 33.4 Å². The van der Waals surface area contributed by atoms with E-state index in [0.29, 0.717) is 25.6 Å². The highest BCUT2D eigenvalue weighted by atomic mass is 19.4. The highest BCUT2D eigenvalue weighted by molar-refractivity contribution is 5.83. The zero-order chi connectivity index (χ0) is 14.5. The fraction of sp³-hybridized carbons (Fsp3) is 0.909. The van der Waals surface area contributed by atoms with Gasteiger partial charge in [-0.05, 0) is 31.8 Å². The molecule has 1 rings (SSSR count). The molecule has 0 aromatic carbocycles. The first-order valence-electron chi connectivity index (χ1n) is 6.14. The monoisotopic (exact) mass is 283 g/mol. The Kier molecular flexibility index (Phi) is 5.86. The molecule has 1 fully saturated rings. The molecule has 8 heteroatoms. The summed E-state index contributed by atoms with van der Waals surface area (Å²) in [5, 5.41) is 10.9. The molecule has 1 aliphatic heterocycles. The van der Waals surface area contributed by atoms with Crippen molar-refractivity contribution < 1.29 is 23.1 Å². The number of hydrogen-bond donors (Lipinski definition) is 2. The molecular weight excluding hydrogens is 263 g/mol. The van der Waals surface area contributed by atoms with E-state index in [2.05, 4.69) is 5.16 Å². The van der Waals surface area contributed by atoms with Crippen molar-refractivity contribution in [3.05, 3.63) is 0 Å². The van der Waals surface area contributed by atoms with Gasteiger partial charge in [0.05, 0.1) is 0 Å². The van der Waals surface area contributed by atoms with Crippen LogP contribution in [0.3, 0.4) is 0 Å². The van der Waals surface area contributed by atoms with Crippen LogP contribution >= 0.6 is 0 Å². The molecule has 0 aromatic heterocycles.